The summed E-state index contributed by atoms with van der Waals surface area (Å²) in [5.41, 5.74) is 0.193. The fourth-order valence-electron chi connectivity index (χ4n) is 2.57. The van der Waals surface area contributed by atoms with Crippen LogP contribution >= 0.6 is 0 Å². The molecule has 1 saturated heterocycles. The molecule has 1 atom stereocenters. The van der Waals surface area contributed by atoms with E-state index in [1.165, 1.54) is 19.3 Å². The number of ether oxygens (including phenoxy) is 1. The summed E-state index contributed by atoms with van der Waals surface area (Å²) < 4.78 is 5.76. The van der Waals surface area contributed by atoms with Gasteiger partial charge in [-0.15, -0.1) is 0 Å². The molecule has 3 heteroatoms. The molecular weight excluding hydrogens is 200 g/mol. The largest absolute Gasteiger partial charge is 0.377 e. The van der Waals surface area contributed by atoms with Gasteiger partial charge in [-0.1, -0.05) is 6.92 Å². The van der Waals surface area contributed by atoms with E-state index in [9.17, 15) is 0 Å². The molecule has 16 heavy (non-hydrogen) atoms. The van der Waals surface area contributed by atoms with Gasteiger partial charge in [-0.3, -0.25) is 0 Å². The fraction of sp³-hybridized carbons (Fsp3) is 1.00. The SMILES string of the molecule is CCNC(C)(C)CN(C)CC1CCCCO1. The number of rotatable bonds is 6. The third kappa shape index (κ3) is 5.28. The van der Waals surface area contributed by atoms with Crippen LogP contribution in [0.15, 0.2) is 0 Å². The smallest absolute Gasteiger partial charge is 0.0701 e. The minimum Gasteiger partial charge on any atom is -0.377 e. The van der Waals surface area contributed by atoms with E-state index in [-0.39, 0.29) is 5.54 Å². The van der Waals surface area contributed by atoms with E-state index >= 15 is 0 Å². The normalized spacial score (nSPS) is 22.7. The van der Waals surface area contributed by atoms with Crippen molar-refractivity contribution in [2.24, 2.45) is 0 Å². The zero-order valence-electron chi connectivity index (χ0n) is 11.4. The van der Waals surface area contributed by atoms with Crippen molar-refractivity contribution in [2.45, 2.75) is 51.7 Å². The van der Waals surface area contributed by atoms with Crippen molar-refractivity contribution < 1.29 is 4.74 Å². The minimum absolute atomic E-state index is 0.193. The Hall–Kier alpha value is -0.120. The minimum atomic E-state index is 0.193. The lowest BCUT2D eigenvalue weighted by molar-refractivity contribution is -0.00437. The summed E-state index contributed by atoms with van der Waals surface area (Å²) in [7, 11) is 2.19. The third-order valence-corrected chi connectivity index (χ3v) is 3.11. The summed E-state index contributed by atoms with van der Waals surface area (Å²) >= 11 is 0. The van der Waals surface area contributed by atoms with Crippen LogP contribution in [-0.4, -0.2) is 49.8 Å². The Morgan fingerprint density at radius 3 is 2.69 bits per heavy atom. The molecule has 1 fully saturated rings. The Bertz CT molecular complexity index is 188. The Labute approximate surface area is 101 Å². The van der Waals surface area contributed by atoms with Crippen LogP contribution < -0.4 is 5.32 Å². The lowest BCUT2D eigenvalue weighted by atomic mass is 10.0. The van der Waals surface area contributed by atoms with Crippen LogP contribution in [0, 0.1) is 0 Å². The van der Waals surface area contributed by atoms with Gasteiger partial charge in [0.2, 0.25) is 0 Å². The molecule has 0 bridgehead atoms. The van der Waals surface area contributed by atoms with Gasteiger partial charge in [0.15, 0.2) is 0 Å². The predicted molar refractivity (Wildman–Crippen MR) is 68.8 cm³/mol. The molecule has 0 aromatic rings. The van der Waals surface area contributed by atoms with Gasteiger partial charge in [-0.05, 0) is 46.7 Å². The van der Waals surface area contributed by atoms with Crippen molar-refractivity contribution in [3.05, 3.63) is 0 Å². The molecule has 1 aliphatic rings. The second-order valence-electron chi connectivity index (χ2n) is 5.60. The first-order valence-electron chi connectivity index (χ1n) is 6.58. The number of nitrogens with zero attached hydrogens (tertiary/aromatic N) is 1. The average Bonchev–Trinajstić information content (AvgIpc) is 2.17. The van der Waals surface area contributed by atoms with Gasteiger partial charge >= 0.3 is 0 Å². The molecule has 0 aromatic heterocycles. The molecule has 0 saturated carbocycles. The van der Waals surface area contributed by atoms with Gasteiger partial charge in [0.1, 0.15) is 0 Å². The van der Waals surface area contributed by atoms with Crippen molar-refractivity contribution in [1.29, 1.82) is 0 Å². The first kappa shape index (κ1) is 13.9. The average molecular weight is 228 g/mol. The second-order valence-corrected chi connectivity index (χ2v) is 5.60. The summed E-state index contributed by atoms with van der Waals surface area (Å²) in [6, 6.07) is 0. The zero-order valence-corrected chi connectivity index (χ0v) is 11.4. The van der Waals surface area contributed by atoms with Gasteiger partial charge in [0.05, 0.1) is 6.10 Å². The molecule has 3 nitrogen and oxygen atoms in total. The molecule has 1 rings (SSSR count). The highest BCUT2D eigenvalue weighted by Gasteiger charge is 2.21. The van der Waals surface area contributed by atoms with Crippen LogP contribution in [0.3, 0.4) is 0 Å². The van der Waals surface area contributed by atoms with E-state index in [0.717, 1.165) is 26.2 Å². The Morgan fingerprint density at radius 1 is 1.38 bits per heavy atom. The summed E-state index contributed by atoms with van der Waals surface area (Å²) in [4.78, 5) is 2.39. The highest BCUT2D eigenvalue weighted by molar-refractivity contribution is 4.81. The second kappa shape index (κ2) is 6.58. The zero-order chi connectivity index (χ0) is 12.0. The number of nitrogens with one attached hydrogen (secondary N) is 1. The number of hydrogen-bond donors (Lipinski definition) is 1. The van der Waals surface area contributed by atoms with Crippen molar-refractivity contribution in [3.63, 3.8) is 0 Å². The Balaban J connectivity index is 2.25. The van der Waals surface area contributed by atoms with Crippen LogP contribution in [0.2, 0.25) is 0 Å². The topological polar surface area (TPSA) is 24.5 Å². The van der Waals surface area contributed by atoms with Crippen molar-refractivity contribution in [2.75, 3.05) is 33.3 Å². The van der Waals surface area contributed by atoms with Crippen LogP contribution in [-0.2, 0) is 4.74 Å². The molecule has 1 N–H and O–H groups in total. The van der Waals surface area contributed by atoms with Crippen molar-refractivity contribution >= 4 is 0 Å². The van der Waals surface area contributed by atoms with E-state index in [1.807, 2.05) is 0 Å². The predicted octanol–water partition coefficient (Wildman–Crippen LogP) is 1.88. The van der Waals surface area contributed by atoms with Crippen molar-refractivity contribution in [1.82, 2.24) is 10.2 Å². The molecule has 1 heterocycles. The van der Waals surface area contributed by atoms with Crippen LogP contribution in [0.1, 0.15) is 40.0 Å². The molecule has 0 radical (unpaired) electrons. The summed E-state index contributed by atoms with van der Waals surface area (Å²) in [5.74, 6) is 0. The van der Waals surface area contributed by atoms with E-state index in [0.29, 0.717) is 6.10 Å². The number of likely N-dealkylation sites (N-methyl/N-ethyl adjacent to an activating group) is 2. The van der Waals surface area contributed by atoms with Gasteiger partial charge in [0.25, 0.3) is 0 Å². The Kier molecular flexibility index (Phi) is 5.73. The maximum Gasteiger partial charge on any atom is 0.0701 e. The summed E-state index contributed by atoms with van der Waals surface area (Å²) in [6.45, 7) is 10.8. The maximum absolute atomic E-state index is 5.76. The highest BCUT2D eigenvalue weighted by atomic mass is 16.5. The van der Waals surface area contributed by atoms with Crippen LogP contribution in [0.4, 0.5) is 0 Å². The standard InChI is InChI=1S/C13H28N2O/c1-5-14-13(2,3)11-15(4)10-12-8-6-7-9-16-12/h12,14H,5-11H2,1-4H3. The molecule has 1 unspecified atom stereocenters. The van der Waals surface area contributed by atoms with Gasteiger partial charge in [-0.25, -0.2) is 0 Å². The first-order valence-corrected chi connectivity index (χ1v) is 6.58. The van der Waals surface area contributed by atoms with Gasteiger partial charge < -0.3 is 15.0 Å². The molecule has 0 aliphatic carbocycles. The van der Waals surface area contributed by atoms with E-state index in [4.69, 9.17) is 4.74 Å². The van der Waals surface area contributed by atoms with Gasteiger partial charge in [0, 0.05) is 25.2 Å². The maximum atomic E-state index is 5.76. The number of hydrogen-bond acceptors (Lipinski definition) is 3. The summed E-state index contributed by atoms with van der Waals surface area (Å²) in [5, 5.41) is 3.51. The fourth-order valence-corrected chi connectivity index (χ4v) is 2.57. The van der Waals surface area contributed by atoms with Crippen molar-refractivity contribution in [3.8, 4) is 0 Å². The monoisotopic (exact) mass is 228 g/mol. The molecule has 96 valence electrons. The lowest BCUT2D eigenvalue weighted by Gasteiger charge is -2.34. The van der Waals surface area contributed by atoms with Crippen LogP contribution in [0.5, 0.6) is 0 Å². The summed E-state index contributed by atoms with van der Waals surface area (Å²) in [6.07, 6.45) is 4.25. The van der Waals surface area contributed by atoms with E-state index in [2.05, 4.69) is 38.0 Å². The lowest BCUT2D eigenvalue weighted by Crippen LogP contribution is -2.49. The first-order chi connectivity index (χ1) is 7.53. The van der Waals surface area contributed by atoms with Crippen LogP contribution in [0.25, 0.3) is 0 Å². The highest BCUT2D eigenvalue weighted by Crippen LogP contribution is 2.14. The third-order valence-electron chi connectivity index (χ3n) is 3.11. The van der Waals surface area contributed by atoms with Gasteiger partial charge in [-0.2, -0.15) is 0 Å². The quantitative estimate of drug-likeness (QED) is 0.751. The van der Waals surface area contributed by atoms with E-state index < -0.39 is 0 Å². The van der Waals surface area contributed by atoms with E-state index in [1.54, 1.807) is 0 Å². The molecule has 1 aliphatic heterocycles. The molecule has 0 spiro atoms. The molecule has 0 aromatic carbocycles. The molecule has 0 amide bonds. The Morgan fingerprint density at radius 2 is 2.12 bits per heavy atom. The molecular formula is C13H28N2O.